The van der Waals surface area contributed by atoms with E-state index < -0.39 is 11.8 Å². The molecule has 6 aromatic rings. The highest BCUT2D eigenvalue weighted by molar-refractivity contribution is 8.00. The monoisotopic (exact) mass is 571 g/mol. The van der Waals surface area contributed by atoms with Crippen LogP contribution in [0, 0.1) is 0 Å². The summed E-state index contributed by atoms with van der Waals surface area (Å²) in [4.78, 5) is 40.1. The topological polar surface area (TPSA) is 93.3 Å². The van der Waals surface area contributed by atoms with Crippen LogP contribution in [0.15, 0.2) is 137 Å². The minimum atomic E-state index is -0.502. The fraction of sp³-hybridized carbons (Fsp3) is 0.0294. The molecule has 8 heteroatoms. The molecule has 0 spiro atoms. The third-order valence-corrected chi connectivity index (χ3v) is 7.66. The number of benzene rings is 4. The molecule has 0 saturated heterocycles. The van der Waals surface area contributed by atoms with Gasteiger partial charge < -0.3 is 15.1 Å². The smallest absolute Gasteiger partial charge is 0.272 e. The maximum Gasteiger partial charge on any atom is 0.272 e. The van der Waals surface area contributed by atoms with Crippen molar-refractivity contribution in [3.05, 3.63) is 139 Å². The van der Waals surface area contributed by atoms with Crippen LogP contribution in [-0.2, 0) is 4.79 Å². The number of carbonyl (C=O) groups is 3. The average molecular weight is 572 g/mol. The molecule has 7 nitrogen and oxygen atoms in total. The van der Waals surface area contributed by atoms with Gasteiger partial charge in [-0.15, -0.1) is 11.8 Å². The molecule has 2 aromatic heterocycles. The lowest BCUT2D eigenvalue weighted by molar-refractivity contribution is -0.113. The van der Waals surface area contributed by atoms with E-state index in [9.17, 15) is 14.4 Å². The summed E-state index contributed by atoms with van der Waals surface area (Å²) >= 11 is 1.42. The number of fused-ring (bicyclic) bond motifs is 3. The summed E-state index contributed by atoms with van der Waals surface area (Å²) in [6.45, 7) is 0. The summed E-state index contributed by atoms with van der Waals surface area (Å²) < 4.78 is 7.13. The molecule has 0 aliphatic rings. The van der Waals surface area contributed by atoms with Gasteiger partial charge in [0.1, 0.15) is 11.5 Å². The molecule has 42 heavy (non-hydrogen) atoms. The number of furan rings is 1. The van der Waals surface area contributed by atoms with Crippen LogP contribution < -0.4 is 10.6 Å². The number of thioether (sulfide) groups is 1. The molecule has 0 aliphatic carbocycles. The lowest BCUT2D eigenvalue weighted by Gasteiger charge is -2.11. The number of hydrogen-bond acceptors (Lipinski definition) is 5. The van der Waals surface area contributed by atoms with Gasteiger partial charge in [-0.1, -0.05) is 54.6 Å². The molecule has 0 saturated carbocycles. The zero-order chi connectivity index (χ0) is 28.9. The molecule has 0 aliphatic heterocycles. The van der Waals surface area contributed by atoms with Gasteiger partial charge >= 0.3 is 0 Å². The van der Waals surface area contributed by atoms with Gasteiger partial charge in [-0.25, -0.2) is 0 Å². The number of amides is 2. The van der Waals surface area contributed by atoms with E-state index in [1.54, 1.807) is 53.1 Å². The van der Waals surface area contributed by atoms with Crippen molar-refractivity contribution in [3.63, 3.8) is 0 Å². The first-order valence-electron chi connectivity index (χ1n) is 13.2. The minimum absolute atomic E-state index is 0.0170. The van der Waals surface area contributed by atoms with E-state index in [0.717, 1.165) is 26.7 Å². The third-order valence-electron chi connectivity index (χ3n) is 6.66. The summed E-state index contributed by atoms with van der Waals surface area (Å²) in [5.74, 6) is -0.263. The molecule has 206 valence electrons. The Balaban J connectivity index is 1.14. The maximum atomic E-state index is 13.4. The molecular formula is C34H25N3O4S. The summed E-state index contributed by atoms with van der Waals surface area (Å²) in [6, 6.07) is 35.1. The predicted molar refractivity (Wildman–Crippen MR) is 166 cm³/mol. The third kappa shape index (κ3) is 5.75. The Morgan fingerprint density at radius 2 is 1.38 bits per heavy atom. The average Bonchev–Trinajstić information content (AvgIpc) is 3.66. The van der Waals surface area contributed by atoms with E-state index in [1.165, 1.54) is 24.1 Å². The first-order valence-corrected chi connectivity index (χ1v) is 14.2. The van der Waals surface area contributed by atoms with Gasteiger partial charge in [0.05, 0.1) is 23.0 Å². The fourth-order valence-electron chi connectivity index (χ4n) is 4.69. The predicted octanol–water partition coefficient (Wildman–Crippen LogP) is 7.23. The number of para-hydroxylation sites is 2. The van der Waals surface area contributed by atoms with Gasteiger partial charge in [0, 0.05) is 33.0 Å². The van der Waals surface area contributed by atoms with E-state index in [4.69, 9.17) is 4.42 Å². The van der Waals surface area contributed by atoms with E-state index in [2.05, 4.69) is 10.6 Å². The number of nitrogens with zero attached hydrogens (tertiary/aromatic N) is 1. The van der Waals surface area contributed by atoms with Crippen molar-refractivity contribution < 1.29 is 18.8 Å². The summed E-state index contributed by atoms with van der Waals surface area (Å²) in [5.41, 5.74) is 2.78. The van der Waals surface area contributed by atoms with E-state index in [0.29, 0.717) is 17.0 Å². The van der Waals surface area contributed by atoms with Crippen molar-refractivity contribution in [2.75, 3.05) is 11.1 Å². The molecule has 2 amide bonds. The van der Waals surface area contributed by atoms with Crippen LogP contribution in [0.1, 0.15) is 20.9 Å². The van der Waals surface area contributed by atoms with Crippen LogP contribution >= 0.6 is 11.8 Å². The molecule has 4 aromatic carbocycles. The highest BCUT2D eigenvalue weighted by atomic mass is 32.2. The second-order valence-corrected chi connectivity index (χ2v) is 10.5. The molecule has 2 N–H and O–H groups in total. The molecule has 0 atom stereocenters. The van der Waals surface area contributed by atoms with Gasteiger partial charge in [0.25, 0.3) is 11.8 Å². The summed E-state index contributed by atoms with van der Waals surface area (Å²) in [6.07, 6.45) is 2.96. The Hall–Kier alpha value is -5.34. The van der Waals surface area contributed by atoms with Gasteiger partial charge in [-0.3, -0.25) is 19.0 Å². The quantitative estimate of drug-likeness (QED) is 0.149. The summed E-state index contributed by atoms with van der Waals surface area (Å²) in [5, 5.41) is 7.60. The van der Waals surface area contributed by atoms with Crippen LogP contribution in [0.25, 0.3) is 27.9 Å². The molecule has 0 unspecified atom stereocenters. The van der Waals surface area contributed by atoms with Crippen molar-refractivity contribution in [3.8, 4) is 0 Å². The van der Waals surface area contributed by atoms with E-state index in [1.807, 2.05) is 66.7 Å². The van der Waals surface area contributed by atoms with E-state index >= 15 is 0 Å². The van der Waals surface area contributed by atoms with Crippen LogP contribution in [0.2, 0.25) is 0 Å². The number of carbonyl (C=O) groups excluding carboxylic acids is 3. The molecule has 0 radical (unpaired) electrons. The summed E-state index contributed by atoms with van der Waals surface area (Å²) in [7, 11) is 0. The lowest BCUT2D eigenvalue weighted by Crippen LogP contribution is -2.30. The Bertz CT molecular complexity index is 1870. The second-order valence-electron chi connectivity index (χ2n) is 9.42. The molecule has 0 bridgehead atoms. The number of nitrogens with one attached hydrogen (secondary N) is 2. The van der Waals surface area contributed by atoms with Gasteiger partial charge in [-0.05, 0) is 60.7 Å². The minimum Gasteiger partial charge on any atom is -0.465 e. The first-order chi connectivity index (χ1) is 20.6. The number of hydrogen-bond donors (Lipinski definition) is 2. The van der Waals surface area contributed by atoms with Crippen molar-refractivity contribution >= 4 is 63.1 Å². The first kappa shape index (κ1) is 26.9. The standard InChI is InChI=1S/C34H25N3O4S/c38-32(37-30-14-6-4-12-27(30)28-13-5-7-15-31(28)37)22-42-26-18-16-24(17-19-26)35-34(40)29(21-25-11-8-20-41-25)36-33(39)23-9-2-1-3-10-23/h1-21H,22H2,(H,35,40)(H,36,39)/b29-21-. The molecule has 6 rings (SSSR count). The van der Waals surface area contributed by atoms with Crippen LogP contribution in [0.3, 0.4) is 0 Å². The van der Waals surface area contributed by atoms with Crippen LogP contribution in [0.5, 0.6) is 0 Å². The van der Waals surface area contributed by atoms with Crippen LogP contribution in [0.4, 0.5) is 5.69 Å². The fourth-order valence-corrected chi connectivity index (χ4v) is 5.44. The number of rotatable bonds is 8. The molecule has 2 heterocycles. The number of anilines is 1. The van der Waals surface area contributed by atoms with Crippen molar-refractivity contribution in [1.29, 1.82) is 0 Å². The van der Waals surface area contributed by atoms with Crippen molar-refractivity contribution in [2.45, 2.75) is 4.90 Å². The Morgan fingerprint density at radius 1 is 0.738 bits per heavy atom. The maximum absolute atomic E-state index is 13.4. The Kier molecular flexibility index (Phi) is 7.70. The SMILES string of the molecule is O=C(Nc1ccc(SCC(=O)n2c3ccccc3c3ccccc32)cc1)/C(=C/c1ccco1)NC(=O)c1ccccc1. The number of aromatic nitrogens is 1. The van der Waals surface area contributed by atoms with Gasteiger partial charge in [-0.2, -0.15) is 0 Å². The van der Waals surface area contributed by atoms with Crippen LogP contribution in [-0.4, -0.2) is 28.0 Å². The highest BCUT2D eigenvalue weighted by Crippen LogP contribution is 2.30. The zero-order valence-electron chi connectivity index (χ0n) is 22.3. The second kappa shape index (κ2) is 12.0. The van der Waals surface area contributed by atoms with Crippen molar-refractivity contribution in [2.24, 2.45) is 0 Å². The van der Waals surface area contributed by atoms with Gasteiger partial charge in [0.15, 0.2) is 0 Å². The molecular weight excluding hydrogens is 546 g/mol. The van der Waals surface area contributed by atoms with E-state index in [-0.39, 0.29) is 17.4 Å². The largest absolute Gasteiger partial charge is 0.465 e. The highest BCUT2D eigenvalue weighted by Gasteiger charge is 2.17. The molecule has 0 fully saturated rings. The Labute approximate surface area is 245 Å². The van der Waals surface area contributed by atoms with Gasteiger partial charge in [0.2, 0.25) is 5.91 Å². The Morgan fingerprint density at radius 3 is 2.02 bits per heavy atom. The normalized spacial score (nSPS) is 11.5. The lowest BCUT2D eigenvalue weighted by atomic mass is 10.2. The van der Waals surface area contributed by atoms with Crippen molar-refractivity contribution in [1.82, 2.24) is 9.88 Å². The zero-order valence-corrected chi connectivity index (χ0v) is 23.1.